The fourth-order valence-electron chi connectivity index (χ4n) is 1.41. The van der Waals surface area contributed by atoms with Gasteiger partial charge < -0.3 is 11.1 Å². The van der Waals surface area contributed by atoms with Crippen molar-refractivity contribution in [3.63, 3.8) is 0 Å². The Morgan fingerprint density at radius 2 is 2.12 bits per heavy atom. The second-order valence-corrected chi connectivity index (χ2v) is 5.29. The maximum Gasteiger partial charge on any atom is 0.265 e. The topological polar surface area (TPSA) is 55.1 Å². The number of amides is 1. The summed E-state index contributed by atoms with van der Waals surface area (Å²) in [5.74, 6) is -0.171. The molecule has 17 heavy (non-hydrogen) atoms. The van der Waals surface area contributed by atoms with Gasteiger partial charge in [0.05, 0.1) is 9.21 Å². The van der Waals surface area contributed by atoms with Gasteiger partial charge in [-0.1, -0.05) is 17.7 Å². The minimum atomic E-state index is -0.171. The highest BCUT2D eigenvalue weighted by molar-refractivity contribution is 7.18. The highest BCUT2D eigenvalue weighted by Crippen LogP contribution is 2.24. The minimum absolute atomic E-state index is 0.171. The van der Waals surface area contributed by atoms with Gasteiger partial charge >= 0.3 is 0 Å². The van der Waals surface area contributed by atoms with Crippen molar-refractivity contribution in [1.82, 2.24) is 0 Å². The van der Waals surface area contributed by atoms with Crippen LogP contribution in [0.2, 0.25) is 4.34 Å². The van der Waals surface area contributed by atoms with E-state index in [-0.39, 0.29) is 5.91 Å². The number of carbonyl (C=O) groups is 1. The number of carbonyl (C=O) groups excluding carboxylic acids is 1. The van der Waals surface area contributed by atoms with Crippen LogP contribution in [0.3, 0.4) is 0 Å². The zero-order chi connectivity index (χ0) is 12.4. The van der Waals surface area contributed by atoms with Crippen molar-refractivity contribution >= 4 is 40.2 Å². The van der Waals surface area contributed by atoms with Gasteiger partial charge in [-0.2, -0.15) is 0 Å². The monoisotopic (exact) mass is 266 g/mol. The highest BCUT2D eigenvalue weighted by Gasteiger charge is 2.10. The molecule has 0 atom stereocenters. The van der Waals surface area contributed by atoms with Crippen molar-refractivity contribution < 1.29 is 4.79 Å². The van der Waals surface area contributed by atoms with Gasteiger partial charge in [-0.25, -0.2) is 0 Å². The van der Waals surface area contributed by atoms with Crippen LogP contribution in [0.4, 0.5) is 11.4 Å². The Hall–Kier alpha value is -1.52. The lowest BCUT2D eigenvalue weighted by atomic mass is 10.1. The predicted molar refractivity (Wildman–Crippen MR) is 72.9 cm³/mol. The van der Waals surface area contributed by atoms with Crippen molar-refractivity contribution in [1.29, 1.82) is 0 Å². The molecule has 1 amide bonds. The number of nitrogen functional groups attached to an aromatic ring is 1. The molecule has 0 aliphatic rings. The molecular formula is C12H11ClN2OS. The Balaban J connectivity index is 2.21. The number of anilines is 2. The van der Waals surface area contributed by atoms with Crippen LogP contribution in [-0.2, 0) is 0 Å². The molecule has 1 heterocycles. The molecular weight excluding hydrogens is 256 g/mol. The molecule has 2 rings (SSSR count). The summed E-state index contributed by atoms with van der Waals surface area (Å²) < 4.78 is 0.597. The summed E-state index contributed by atoms with van der Waals surface area (Å²) >= 11 is 7.03. The quantitative estimate of drug-likeness (QED) is 0.817. The van der Waals surface area contributed by atoms with Crippen LogP contribution in [0.15, 0.2) is 30.3 Å². The molecule has 0 radical (unpaired) electrons. The SMILES string of the molecule is Cc1c(N)cccc1NC(=O)c1ccc(Cl)s1. The number of halogens is 1. The first kappa shape index (κ1) is 12.0. The Labute approximate surface area is 108 Å². The molecule has 3 N–H and O–H groups in total. The average molecular weight is 267 g/mol. The molecule has 1 aromatic heterocycles. The molecule has 1 aromatic carbocycles. The smallest absolute Gasteiger partial charge is 0.265 e. The van der Waals surface area contributed by atoms with Crippen molar-refractivity contribution in [2.24, 2.45) is 0 Å². The van der Waals surface area contributed by atoms with Crippen molar-refractivity contribution in [2.75, 3.05) is 11.1 Å². The molecule has 0 spiro atoms. The van der Waals surface area contributed by atoms with Gasteiger partial charge in [0.2, 0.25) is 0 Å². The second-order valence-electron chi connectivity index (χ2n) is 3.58. The summed E-state index contributed by atoms with van der Waals surface area (Å²) in [5, 5.41) is 2.81. The number of thiophene rings is 1. The Kier molecular flexibility index (Phi) is 3.36. The van der Waals surface area contributed by atoms with E-state index >= 15 is 0 Å². The molecule has 2 aromatic rings. The van der Waals surface area contributed by atoms with E-state index in [1.54, 1.807) is 24.3 Å². The largest absolute Gasteiger partial charge is 0.398 e. The zero-order valence-corrected chi connectivity index (χ0v) is 10.7. The van der Waals surface area contributed by atoms with Crippen LogP contribution < -0.4 is 11.1 Å². The Bertz CT molecular complexity index is 565. The summed E-state index contributed by atoms with van der Waals surface area (Å²) in [7, 11) is 0. The van der Waals surface area contributed by atoms with Crippen LogP contribution in [0.25, 0.3) is 0 Å². The van der Waals surface area contributed by atoms with Gasteiger partial charge in [-0.15, -0.1) is 11.3 Å². The molecule has 0 unspecified atom stereocenters. The maximum absolute atomic E-state index is 11.9. The lowest BCUT2D eigenvalue weighted by Gasteiger charge is -2.08. The number of rotatable bonds is 2. The standard InChI is InChI=1S/C12H11ClN2OS/c1-7-8(14)3-2-4-9(7)15-12(16)10-5-6-11(13)17-10/h2-6H,14H2,1H3,(H,15,16). The van der Waals surface area contributed by atoms with E-state index in [0.717, 1.165) is 11.3 Å². The van der Waals surface area contributed by atoms with Crippen LogP contribution >= 0.6 is 22.9 Å². The first-order valence-corrected chi connectivity index (χ1v) is 6.19. The van der Waals surface area contributed by atoms with Crippen molar-refractivity contribution in [2.45, 2.75) is 6.92 Å². The summed E-state index contributed by atoms with van der Waals surface area (Å²) in [4.78, 5) is 12.5. The molecule has 0 bridgehead atoms. The minimum Gasteiger partial charge on any atom is -0.398 e. The maximum atomic E-state index is 11.9. The van der Waals surface area contributed by atoms with E-state index < -0.39 is 0 Å². The molecule has 88 valence electrons. The number of hydrogen-bond donors (Lipinski definition) is 2. The van der Waals surface area contributed by atoms with Crippen molar-refractivity contribution in [3.05, 3.63) is 45.1 Å². The van der Waals surface area contributed by atoms with Crippen LogP contribution in [0, 0.1) is 6.92 Å². The molecule has 0 aliphatic carbocycles. The van der Waals surface area contributed by atoms with Gasteiger partial charge in [0.15, 0.2) is 0 Å². The average Bonchev–Trinajstić information content (AvgIpc) is 2.72. The van der Waals surface area contributed by atoms with Gasteiger partial charge in [-0.3, -0.25) is 4.79 Å². The zero-order valence-electron chi connectivity index (χ0n) is 9.16. The van der Waals surface area contributed by atoms with Gasteiger partial charge in [-0.05, 0) is 36.8 Å². The Morgan fingerprint density at radius 3 is 2.76 bits per heavy atom. The third-order valence-corrected chi connectivity index (χ3v) is 3.65. The van der Waals surface area contributed by atoms with Gasteiger partial charge in [0.1, 0.15) is 0 Å². The van der Waals surface area contributed by atoms with E-state index in [2.05, 4.69) is 5.32 Å². The third-order valence-electron chi connectivity index (χ3n) is 2.42. The fraction of sp³-hybridized carbons (Fsp3) is 0.0833. The number of hydrogen-bond acceptors (Lipinski definition) is 3. The fourth-order valence-corrected chi connectivity index (χ4v) is 2.35. The molecule has 3 nitrogen and oxygen atoms in total. The normalized spacial score (nSPS) is 10.2. The highest BCUT2D eigenvalue weighted by atomic mass is 35.5. The molecule has 0 aliphatic heterocycles. The van der Waals surface area contributed by atoms with E-state index in [1.807, 2.05) is 13.0 Å². The van der Waals surface area contributed by atoms with E-state index in [0.29, 0.717) is 14.9 Å². The first-order chi connectivity index (χ1) is 8.08. The first-order valence-electron chi connectivity index (χ1n) is 4.99. The molecule has 0 saturated carbocycles. The second kappa shape index (κ2) is 4.77. The predicted octanol–water partition coefficient (Wildman–Crippen LogP) is 3.54. The molecule has 0 saturated heterocycles. The van der Waals surface area contributed by atoms with E-state index in [4.69, 9.17) is 17.3 Å². The van der Waals surface area contributed by atoms with Gasteiger partial charge in [0.25, 0.3) is 5.91 Å². The summed E-state index contributed by atoms with van der Waals surface area (Å²) in [6, 6.07) is 8.82. The number of nitrogens with two attached hydrogens (primary N) is 1. The molecule has 0 fully saturated rings. The Morgan fingerprint density at radius 1 is 1.35 bits per heavy atom. The summed E-state index contributed by atoms with van der Waals surface area (Å²) in [5.41, 5.74) is 8.01. The van der Waals surface area contributed by atoms with Crippen LogP contribution in [0.1, 0.15) is 15.2 Å². The van der Waals surface area contributed by atoms with Gasteiger partial charge in [0, 0.05) is 11.4 Å². The van der Waals surface area contributed by atoms with Crippen molar-refractivity contribution in [3.8, 4) is 0 Å². The summed E-state index contributed by atoms with van der Waals surface area (Å²) in [6.07, 6.45) is 0. The number of benzene rings is 1. The van der Waals surface area contributed by atoms with Crippen LogP contribution in [0.5, 0.6) is 0 Å². The van der Waals surface area contributed by atoms with E-state index in [1.165, 1.54) is 11.3 Å². The number of nitrogens with one attached hydrogen (secondary N) is 1. The van der Waals surface area contributed by atoms with Crippen LogP contribution in [-0.4, -0.2) is 5.91 Å². The lowest BCUT2D eigenvalue weighted by Crippen LogP contribution is -2.11. The third kappa shape index (κ3) is 2.60. The molecule has 5 heteroatoms. The lowest BCUT2D eigenvalue weighted by molar-refractivity contribution is 0.103. The summed E-state index contributed by atoms with van der Waals surface area (Å²) in [6.45, 7) is 1.87. The van der Waals surface area contributed by atoms with E-state index in [9.17, 15) is 4.79 Å².